The van der Waals surface area contributed by atoms with Gasteiger partial charge in [-0.05, 0) is 77.0 Å². The predicted octanol–water partition coefficient (Wildman–Crippen LogP) is 10.9. The summed E-state index contributed by atoms with van der Waals surface area (Å²) in [5.74, 6) is -0.390. The number of esters is 1. The Labute approximate surface area is 454 Å². The average molecular weight is 1070 g/mol. The molecule has 0 aliphatic carbocycles. The molecule has 2 heterocycles. The van der Waals surface area contributed by atoms with Gasteiger partial charge in [0.25, 0.3) is 0 Å². The summed E-state index contributed by atoms with van der Waals surface area (Å²) in [5.41, 5.74) is 0. The van der Waals surface area contributed by atoms with E-state index in [2.05, 4.69) is 74.6 Å². The number of hydrogen-bond acceptors (Lipinski definition) is 14. The van der Waals surface area contributed by atoms with E-state index in [-0.39, 0.29) is 25.6 Å². The van der Waals surface area contributed by atoms with Crippen LogP contribution in [0.1, 0.15) is 219 Å². The average Bonchev–Trinajstić information content (AvgIpc) is 3.41. The van der Waals surface area contributed by atoms with E-state index < -0.39 is 80.7 Å². The Balaban J connectivity index is 1.71. The van der Waals surface area contributed by atoms with Crippen molar-refractivity contribution in [3.8, 4) is 0 Å². The molecule has 2 aliphatic rings. The molecule has 75 heavy (non-hydrogen) atoms. The fraction of sp³-hybridized carbons (Fsp3) is 0.820. The van der Waals surface area contributed by atoms with Crippen molar-refractivity contribution in [3.63, 3.8) is 0 Å². The molecule has 11 atom stereocenters. The number of ether oxygens (including phenoxy) is 6. The second kappa shape index (κ2) is 47.7. The van der Waals surface area contributed by atoms with Gasteiger partial charge in [0.2, 0.25) is 0 Å². The lowest BCUT2D eigenvalue weighted by Crippen LogP contribution is -2.61. The van der Waals surface area contributed by atoms with Crippen LogP contribution < -0.4 is 0 Å². The van der Waals surface area contributed by atoms with E-state index in [9.17, 15) is 40.5 Å². The second-order valence-electron chi connectivity index (χ2n) is 20.8. The molecule has 0 aromatic rings. The maximum absolute atomic E-state index is 13.1. The van der Waals surface area contributed by atoms with Crippen molar-refractivity contribution >= 4 is 5.97 Å². The van der Waals surface area contributed by atoms with Gasteiger partial charge in [0.1, 0.15) is 54.9 Å². The number of unbranched alkanes of at least 4 members (excludes halogenated alkanes) is 24. The monoisotopic (exact) mass is 1060 g/mol. The van der Waals surface area contributed by atoms with Crippen LogP contribution in [0.15, 0.2) is 60.8 Å². The summed E-state index contributed by atoms with van der Waals surface area (Å²) >= 11 is 0. The molecule has 0 bridgehead atoms. The van der Waals surface area contributed by atoms with Crippen molar-refractivity contribution in [1.29, 1.82) is 0 Å². The molecule has 2 rings (SSSR count). The summed E-state index contributed by atoms with van der Waals surface area (Å²) in [6.45, 7) is 3.57. The Bertz CT molecular complexity index is 1470. The Morgan fingerprint density at radius 3 is 1.37 bits per heavy atom. The van der Waals surface area contributed by atoms with Gasteiger partial charge in [-0.1, -0.05) is 197 Å². The maximum atomic E-state index is 13.1. The molecule has 0 spiro atoms. The maximum Gasteiger partial charge on any atom is 0.306 e. The van der Waals surface area contributed by atoms with Crippen LogP contribution in [0, 0.1) is 0 Å². The molecular formula is C61H108O14. The Morgan fingerprint density at radius 2 is 0.867 bits per heavy atom. The van der Waals surface area contributed by atoms with E-state index in [1.807, 2.05) is 0 Å². The number of carbonyl (C=O) groups is 1. The van der Waals surface area contributed by atoms with Crippen molar-refractivity contribution in [2.75, 3.05) is 33.0 Å². The topological polar surface area (TPSA) is 214 Å². The van der Waals surface area contributed by atoms with E-state index >= 15 is 0 Å². The Morgan fingerprint density at radius 1 is 0.453 bits per heavy atom. The molecule has 0 amide bonds. The fourth-order valence-electron chi connectivity index (χ4n) is 9.21. The van der Waals surface area contributed by atoms with Gasteiger partial charge in [-0.15, -0.1) is 0 Å². The van der Waals surface area contributed by atoms with E-state index in [4.69, 9.17) is 28.4 Å². The normalized spacial score (nSPS) is 25.0. The summed E-state index contributed by atoms with van der Waals surface area (Å²) in [5, 5.41) is 72.4. The first-order chi connectivity index (χ1) is 36.6. The number of aliphatic hydroxyl groups excluding tert-OH is 7. The summed E-state index contributed by atoms with van der Waals surface area (Å²) in [6, 6.07) is 0. The highest BCUT2D eigenvalue weighted by Gasteiger charge is 2.47. The van der Waals surface area contributed by atoms with Gasteiger partial charge >= 0.3 is 5.97 Å². The second-order valence-corrected chi connectivity index (χ2v) is 20.8. The molecule has 2 saturated heterocycles. The van der Waals surface area contributed by atoms with Crippen molar-refractivity contribution in [2.24, 2.45) is 0 Å². The van der Waals surface area contributed by atoms with Crippen LogP contribution in [0.25, 0.3) is 0 Å². The van der Waals surface area contributed by atoms with Gasteiger partial charge in [0.15, 0.2) is 12.6 Å². The molecule has 11 unspecified atom stereocenters. The third-order valence-electron chi connectivity index (χ3n) is 14.0. The smallest absolute Gasteiger partial charge is 0.306 e. The molecule has 0 radical (unpaired) electrons. The Kier molecular flexibility index (Phi) is 43.7. The summed E-state index contributed by atoms with van der Waals surface area (Å²) in [7, 11) is 0. The molecule has 14 heteroatoms. The lowest BCUT2D eigenvalue weighted by molar-refractivity contribution is -0.332. The molecule has 14 nitrogen and oxygen atoms in total. The first kappa shape index (κ1) is 68.8. The van der Waals surface area contributed by atoms with Crippen LogP contribution in [0.4, 0.5) is 0 Å². The lowest BCUT2D eigenvalue weighted by atomic mass is 9.98. The fourth-order valence-corrected chi connectivity index (χ4v) is 9.21. The van der Waals surface area contributed by atoms with Crippen molar-refractivity contribution < 1.29 is 69.0 Å². The number of rotatable bonds is 48. The molecule has 436 valence electrons. The quantitative estimate of drug-likeness (QED) is 0.0172. The minimum absolute atomic E-state index is 0.0533. The predicted molar refractivity (Wildman–Crippen MR) is 298 cm³/mol. The SMILES string of the molecule is CC/C=C\C/C=C\C/C=C\C/C=C\CCCCCCCCC(=O)OC(COCCCCCCCCCCCC/C=C\CCCCCCCCCC)COC1OC(COC2OC(CO)C(O)C(O)C2O)C(O)C(O)C1O. The van der Waals surface area contributed by atoms with Gasteiger partial charge in [-0.2, -0.15) is 0 Å². The number of aliphatic hydroxyl groups is 7. The van der Waals surface area contributed by atoms with Crippen LogP contribution in [0.5, 0.6) is 0 Å². The van der Waals surface area contributed by atoms with Gasteiger partial charge in [-0.25, -0.2) is 0 Å². The first-order valence-corrected chi connectivity index (χ1v) is 29.9. The first-order valence-electron chi connectivity index (χ1n) is 29.9. The molecule has 0 aromatic carbocycles. The third kappa shape index (κ3) is 34.3. The van der Waals surface area contributed by atoms with Crippen LogP contribution in [0.3, 0.4) is 0 Å². The highest BCUT2D eigenvalue weighted by atomic mass is 16.7. The van der Waals surface area contributed by atoms with E-state index in [1.54, 1.807) is 0 Å². The number of allylic oxidation sites excluding steroid dienone is 10. The zero-order valence-corrected chi connectivity index (χ0v) is 46.8. The minimum atomic E-state index is -1.71. The van der Waals surface area contributed by atoms with Crippen molar-refractivity contribution in [3.05, 3.63) is 60.8 Å². The van der Waals surface area contributed by atoms with Crippen molar-refractivity contribution in [1.82, 2.24) is 0 Å². The minimum Gasteiger partial charge on any atom is -0.457 e. The highest BCUT2D eigenvalue weighted by molar-refractivity contribution is 5.69. The zero-order chi connectivity index (χ0) is 54.4. The number of hydrogen-bond donors (Lipinski definition) is 7. The van der Waals surface area contributed by atoms with Crippen LogP contribution in [-0.2, 0) is 33.2 Å². The van der Waals surface area contributed by atoms with Gasteiger partial charge in [0.05, 0.1) is 26.4 Å². The largest absolute Gasteiger partial charge is 0.457 e. The summed E-state index contributed by atoms with van der Waals surface area (Å²) in [6.07, 6.45) is 42.8. The molecule has 2 fully saturated rings. The summed E-state index contributed by atoms with van der Waals surface area (Å²) < 4.78 is 34.4. The zero-order valence-electron chi connectivity index (χ0n) is 46.8. The van der Waals surface area contributed by atoms with E-state index in [0.29, 0.717) is 13.0 Å². The lowest BCUT2D eigenvalue weighted by Gasteiger charge is -2.42. The molecule has 0 aromatic heterocycles. The van der Waals surface area contributed by atoms with Gasteiger partial charge in [-0.3, -0.25) is 4.79 Å². The van der Waals surface area contributed by atoms with Gasteiger partial charge < -0.3 is 64.2 Å². The summed E-state index contributed by atoms with van der Waals surface area (Å²) in [4.78, 5) is 13.1. The van der Waals surface area contributed by atoms with Crippen LogP contribution in [0.2, 0.25) is 0 Å². The van der Waals surface area contributed by atoms with Crippen LogP contribution >= 0.6 is 0 Å². The van der Waals surface area contributed by atoms with E-state index in [0.717, 1.165) is 83.5 Å². The third-order valence-corrected chi connectivity index (χ3v) is 14.0. The molecule has 2 aliphatic heterocycles. The van der Waals surface area contributed by atoms with Gasteiger partial charge in [0, 0.05) is 13.0 Å². The molecular weight excluding hydrogens is 957 g/mol. The number of carbonyl (C=O) groups excluding carboxylic acids is 1. The highest BCUT2D eigenvalue weighted by Crippen LogP contribution is 2.27. The van der Waals surface area contributed by atoms with Crippen LogP contribution in [-0.4, -0.2) is 142 Å². The molecule has 0 saturated carbocycles. The molecule has 7 N–H and O–H groups in total. The standard InChI is InChI=1S/C61H108O14/c1-3-5-7-9-11-13-15-17-19-21-23-24-25-27-29-31-33-35-37-39-41-43-45-70-47-50(73-53(63)44-42-40-38-36-34-32-30-28-26-22-20-18-16-14-12-10-8-6-4-2)48-71-60-59(69)57(67)55(65)52(75-60)49-72-61-58(68)56(66)54(64)51(46-62)74-61/h6,8,12,14,18,20-21,23,26,28,50-52,54-62,64-69H,3-5,7,9-11,13,15-17,19,22,24-25,27,29-49H2,1-2H3/b8-6-,14-12-,20-18-,23-21-,28-26-. The Hall–Kier alpha value is -2.31. The van der Waals surface area contributed by atoms with Crippen molar-refractivity contribution in [2.45, 2.75) is 287 Å². The van der Waals surface area contributed by atoms with E-state index in [1.165, 1.54) is 109 Å².